The van der Waals surface area contributed by atoms with Gasteiger partial charge in [-0.2, -0.15) is 0 Å². The van der Waals surface area contributed by atoms with E-state index in [0.29, 0.717) is 16.5 Å². The van der Waals surface area contributed by atoms with E-state index in [1.54, 1.807) is 25.1 Å². The first kappa shape index (κ1) is 19.1. The van der Waals surface area contributed by atoms with Crippen LogP contribution >= 0.6 is 0 Å². The van der Waals surface area contributed by atoms with Gasteiger partial charge in [0.15, 0.2) is 17.2 Å². The minimum Gasteiger partial charge on any atom is -0.508 e. The average Bonchev–Trinajstić information content (AvgIpc) is 2.65. The molecule has 0 bridgehead atoms. The van der Waals surface area contributed by atoms with E-state index in [0.717, 1.165) is 6.92 Å². The van der Waals surface area contributed by atoms with Crippen molar-refractivity contribution in [2.45, 2.75) is 31.9 Å². The Morgan fingerprint density at radius 1 is 1.17 bits per heavy atom. The third-order valence-corrected chi connectivity index (χ3v) is 6.02. The van der Waals surface area contributed by atoms with Crippen LogP contribution in [0.2, 0.25) is 0 Å². The zero-order valence-corrected chi connectivity index (χ0v) is 15.7. The van der Waals surface area contributed by atoms with Gasteiger partial charge in [0.2, 0.25) is 5.78 Å². The second-order valence-electron chi connectivity index (χ2n) is 7.66. The molecule has 0 radical (unpaired) electrons. The minimum absolute atomic E-state index is 0.0330. The van der Waals surface area contributed by atoms with Gasteiger partial charge in [-0.3, -0.25) is 14.4 Å². The first-order chi connectivity index (χ1) is 13.5. The molecule has 3 atom stereocenters. The highest BCUT2D eigenvalue weighted by Crippen LogP contribution is 2.48. The topological polar surface area (TPSA) is 158 Å². The number of phenolic OH excluding ortho intramolecular Hbond substituents is 2. The molecule has 6 N–H and O–H groups in total. The fourth-order valence-corrected chi connectivity index (χ4v) is 4.44. The molecule has 0 aromatic heterocycles. The van der Waals surface area contributed by atoms with Crippen LogP contribution in [-0.2, 0) is 16.0 Å². The first-order valence-corrected chi connectivity index (χ1v) is 9.00. The number of benzene rings is 2. The molecule has 0 heterocycles. The van der Waals surface area contributed by atoms with Crippen LogP contribution in [-0.4, -0.2) is 49.4 Å². The van der Waals surface area contributed by atoms with Crippen LogP contribution < -0.4 is 5.73 Å². The SMILES string of the molecule is CC(=O)C1=C(O)[C@@]2(O)C(=O)c3c(cc4ccc(C)c(O)c4c3O)CC2[C@@H](N)C1=O. The van der Waals surface area contributed by atoms with Crippen molar-refractivity contribution in [3.8, 4) is 11.5 Å². The highest BCUT2D eigenvalue weighted by Gasteiger charge is 2.60. The monoisotopic (exact) mass is 397 g/mol. The third kappa shape index (κ3) is 2.24. The smallest absolute Gasteiger partial charge is 0.206 e. The van der Waals surface area contributed by atoms with Gasteiger partial charge < -0.3 is 26.2 Å². The van der Waals surface area contributed by atoms with Crippen LogP contribution in [0.5, 0.6) is 11.5 Å². The lowest BCUT2D eigenvalue weighted by Gasteiger charge is -2.44. The summed E-state index contributed by atoms with van der Waals surface area (Å²) in [6, 6.07) is 3.48. The summed E-state index contributed by atoms with van der Waals surface area (Å²) in [5.41, 5.74) is 3.12. The van der Waals surface area contributed by atoms with Crippen molar-refractivity contribution in [3.63, 3.8) is 0 Å². The summed E-state index contributed by atoms with van der Waals surface area (Å²) in [5.74, 6) is -5.78. The van der Waals surface area contributed by atoms with Gasteiger partial charge >= 0.3 is 0 Å². The van der Waals surface area contributed by atoms with Crippen molar-refractivity contribution in [2.75, 3.05) is 0 Å². The third-order valence-electron chi connectivity index (χ3n) is 6.02. The van der Waals surface area contributed by atoms with Crippen LogP contribution in [0.1, 0.15) is 28.4 Å². The van der Waals surface area contributed by atoms with Gasteiger partial charge in [0.05, 0.1) is 17.0 Å². The average molecular weight is 397 g/mol. The summed E-state index contributed by atoms with van der Waals surface area (Å²) in [4.78, 5) is 37.6. The number of carbonyl (C=O) groups excluding carboxylic acids is 3. The van der Waals surface area contributed by atoms with Crippen molar-refractivity contribution < 1.29 is 34.8 Å². The van der Waals surface area contributed by atoms with Crippen LogP contribution in [0.4, 0.5) is 0 Å². The van der Waals surface area contributed by atoms with E-state index in [1.807, 2.05) is 0 Å². The molecule has 1 unspecified atom stereocenters. The molecule has 2 aliphatic carbocycles. The summed E-state index contributed by atoms with van der Waals surface area (Å²) < 4.78 is 0. The molecule has 0 aliphatic heterocycles. The van der Waals surface area contributed by atoms with E-state index in [9.17, 15) is 34.8 Å². The quantitative estimate of drug-likeness (QED) is 0.445. The molecular weight excluding hydrogens is 378 g/mol. The normalized spacial score (nSPS) is 26.5. The molecule has 2 aromatic rings. The van der Waals surface area contributed by atoms with E-state index < -0.39 is 52.0 Å². The number of fused-ring (bicyclic) bond motifs is 3. The lowest BCUT2D eigenvalue weighted by atomic mass is 9.62. The number of aliphatic hydroxyl groups excluding tert-OH is 1. The molecular formula is C21H19NO7. The number of aliphatic hydroxyl groups is 2. The second-order valence-corrected chi connectivity index (χ2v) is 7.66. The van der Waals surface area contributed by atoms with Crippen molar-refractivity contribution in [3.05, 3.63) is 46.2 Å². The zero-order valence-electron chi connectivity index (χ0n) is 15.7. The fraction of sp³-hybridized carbons (Fsp3) is 0.286. The maximum absolute atomic E-state index is 13.3. The largest absolute Gasteiger partial charge is 0.508 e. The van der Waals surface area contributed by atoms with Crippen molar-refractivity contribution in [2.24, 2.45) is 11.7 Å². The van der Waals surface area contributed by atoms with Crippen LogP contribution in [0, 0.1) is 12.8 Å². The van der Waals surface area contributed by atoms with Crippen molar-refractivity contribution >= 4 is 28.1 Å². The number of aryl methyl sites for hydroxylation is 1. The number of rotatable bonds is 1. The molecule has 0 saturated heterocycles. The number of Topliss-reactive ketones (excluding diaryl/α,β-unsaturated/α-hetero) is 3. The predicted octanol–water partition coefficient (Wildman–Crippen LogP) is 0.957. The number of hydrogen-bond acceptors (Lipinski definition) is 8. The highest BCUT2D eigenvalue weighted by atomic mass is 16.3. The lowest BCUT2D eigenvalue weighted by molar-refractivity contribution is -0.127. The first-order valence-electron chi connectivity index (χ1n) is 9.00. The van der Waals surface area contributed by atoms with Gasteiger partial charge in [0.1, 0.15) is 22.8 Å². The summed E-state index contributed by atoms with van der Waals surface area (Å²) >= 11 is 0. The highest BCUT2D eigenvalue weighted by molar-refractivity contribution is 6.25. The van der Waals surface area contributed by atoms with Crippen LogP contribution in [0.3, 0.4) is 0 Å². The number of aromatic hydroxyl groups is 2. The number of carbonyl (C=O) groups is 3. The summed E-state index contributed by atoms with van der Waals surface area (Å²) in [5, 5.41) is 43.4. The molecule has 0 amide bonds. The van der Waals surface area contributed by atoms with Gasteiger partial charge in [0, 0.05) is 5.92 Å². The number of ketones is 3. The van der Waals surface area contributed by atoms with E-state index in [1.165, 1.54) is 0 Å². The van der Waals surface area contributed by atoms with Gasteiger partial charge in [-0.15, -0.1) is 0 Å². The Labute approximate surface area is 164 Å². The van der Waals surface area contributed by atoms with Crippen LogP contribution in [0.25, 0.3) is 10.8 Å². The van der Waals surface area contributed by atoms with E-state index in [2.05, 4.69) is 0 Å². The maximum atomic E-state index is 13.3. The van der Waals surface area contributed by atoms with Crippen molar-refractivity contribution in [1.82, 2.24) is 0 Å². The maximum Gasteiger partial charge on any atom is 0.206 e. The Hall–Kier alpha value is -3.23. The predicted molar refractivity (Wildman–Crippen MR) is 102 cm³/mol. The Bertz CT molecular complexity index is 1180. The lowest BCUT2D eigenvalue weighted by Crippen LogP contribution is -2.63. The molecule has 0 spiro atoms. The minimum atomic E-state index is -2.63. The molecule has 8 heteroatoms. The van der Waals surface area contributed by atoms with E-state index >= 15 is 0 Å². The van der Waals surface area contributed by atoms with E-state index in [4.69, 9.17) is 5.73 Å². The van der Waals surface area contributed by atoms with Gasteiger partial charge in [-0.25, -0.2) is 0 Å². The second kappa shape index (κ2) is 5.88. The number of nitrogens with two attached hydrogens (primary N) is 1. The van der Waals surface area contributed by atoms with Gasteiger partial charge in [-0.1, -0.05) is 18.2 Å². The molecule has 0 fully saturated rings. The zero-order chi connectivity index (χ0) is 21.4. The molecule has 29 heavy (non-hydrogen) atoms. The van der Waals surface area contributed by atoms with Crippen LogP contribution in [0.15, 0.2) is 29.5 Å². The summed E-state index contributed by atoms with van der Waals surface area (Å²) in [6.45, 7) is 2.64. The molecule has 0 saturated carbocycles. The van der Waals surface area contributed by atoms with Crippen molar-refractivity contribution in [1.29, 1.82) is 0 Å². The summed E-state index contributed by atoms with van der Waals surface area (Å²) in [6.07, 6.45) is -0.0993. The number of phenols is 2. The fourth-order valence-electron chi connectivity index (χ4n) is 4.44. The molecule has 150 valence electrons. The Kier molecular flexibility index (Phi) is 3.88. The van der Waals surface area contributed by atoms with Gasteiger partial charge in [0.25, 0.3) is 0 Å². The Balaban J connectivity index is 2.06. The van der Waals surface area contributed by atoms with E-state index in [-0.39, 0.29) is 23.1 Å². The standard InChI is InChI=1S/C21H19NO7/c1-7-3-4-9-5-10-6-11-15(22)18(26)12(8(2)23)19(27)21(11,29)20(28)14(10)17(25)13(9)16(7)24/h3-5,11,15,24-25,27,29H,6,22H2,1-2H3/t11?,15-,21-/m1/s1. The van der Waals surface area contributed by atoms with Gasteiger partial charge in [-0.05, 0) is 36.8 Å². The Morgan fingerprint density at radius 2 is 1.83 bits per heavy atom. The molecule has 8 nitrogen and oxygen atoms in total. The Morgan fingerprint density at radius 3 is 2.45 bits per heavy atom. The molecule has 2 aliphatic rings. The molecule has 4 rings (SSSR count). The number of hydrogen-bond donors (Lipinski definition) is 5. The molecule has 2 aromatic carbocycles. The summed E-state index contributed by atoms with van der Waals surface area (Å²) in [7, 11) is 0.